The Bertz CT molecular complexity index is 320. The van der Waals surface area contributed by atoms with Crippen LogP contribution < -0.4 is 0 Å². The predicted octanol–water partition coefficient (Wildman–Crippen LogP) is 4.32. The van der Waals surface area contributed by atoms with Crippen LogP contribution in [0.25, 0.3) is 0 Å². The lowest BCUT2D eigenvalue weighted by atomic mass is 9.79. The molecule has 0 heterocycles. The van der Waals surface area contributed by atoms with E-state index in [0.717, 1.165) is 19.3 Å². The van der Waals surface area contributed by atoms with Gasteiger partial charge in [-0.15, -0.1) is 0 Å². The zero-order valence-electron chi connectivity index (χ0n) is 10.4. The molecule has 3 unspecified atom stereocenters. The second kappa shape index (κ2) is 4.53. The number of rotatable bonds is 3. The Balaban J connectivity index is 2.23. The third kappa shape index (κ3) is 2.34. The second-order valence-electron chi connectivity index (χ2n) is 5.67. The topological polar surface area (TPSA) is 9.23 Å². The maximum Gasteiger partial charge on any atom is 0.426 e. The standard InChI is InChI=1S/C12H16F6O/c1-19-10(11(13,14)15,12(16,17)18)6-9-5-7-2-3-8(9)4-7/h7-9H,2-6H2,1H3. The molecule has 0 aliphatic heterocycles. The third-order valence-corrected chi connectivity index (χ3v) is 4.70. The molecule has 0 radical (unpaired) electrons. The van der Waals surface area contributed by atoms with Crippen molar-refractivity contribution in [3.05, 3.63) is 0 Å². The average molecular weight is 290 g/mol. The van der Waals surface area contributed by atoms with Gasteiger partial charge >= 0.3 is 12.4 Å². The molecule has 0 N–H and O–H groups in total. The first-order valence-electron chi connectivity index (χ1n) is 6.29. The van der Waals surface area contributed by atoms with Gasteiger partial charge in [-0.25, -0.2) is 0 Å². The first kappa shape index (κ1) is 14.9. The van der Waals surface area contributed by atoms with Gasteiger partial charge in [-0.3, -0.25) is 0 Å². The van der Waals surface area contributed by atoms with Crippen LogP contribution in [-0.4, -0.2) is 25.1 Å². The van der Waals surface area contributed by atoms with E-state index in [1.165, 1.54) is 0 Å². The summed E-state index contributed by atoms with van der Waals surface area (Å²) in [5.74, 6) is -0.253. The smallest absolute Gasteiger partial charge is 0.361 e. The van der Waals surface area contributed by atoms with E-state index in [2.05, 4.69) is 4.74 Å². The van der Waals surface area contributed by atoms with E-state index in [4.69, 9.17) is 0 Å². The molecule has 2 fully saturated rings. The lowest BCUT2D eigenvalue weighted by Gasteiger charge is -2.39. The van der Waals surface area contributed by atoms with Crippen LogP contribution in [0.4, 0.5) is 26.3 Å². The molecule has 1 nitrogen and oxygen atoms in total. The van der Waals surface area contributed by atoms with Crippen molar-refractivity contribution in [3.63, 3.8) is 0 Å². The van der Waals surface area contributed by atoms with Crippen molar-refractivity contribution in [2.24, 2.45) is 17.8 Å². The number of hydrogen-bond acceptors (Lipinski definition) is 1. The van der Waals surface area contributed by atoms with Crippen molar-refractivity contribution in [2.75, 3.05) is 7.11 Å². The first-order chi connectivity index (χ1) is 8.61. The molecule has 0 saturated heterocycles. The Morgan fingerprint density at radius 2 is 1.53 bits per heavy atom. The largest absolute Gasteiger partial charge is 0.426 e. The summed E-state index contributed by atoms with van der Waals surface area (Å²) >= 11 is 0. The van der Waals surface area contributed by atoms with Gasteiger partial charge in [-0.1, -0.05) is 6.42 Å². The van der Waals surface area contributed by atoms with Gasteiger partial charge in [0.2, 0.25) is 0 Å². The fourth-order valence-electron chi connectivity index (χ4n) is 3.70. The lowest BCUT2D eigenvalue weighted by molar-refractivity contribution is -0.380. The quantitative estimate of drug-likeness (QED) is 0.703. The van der Waals surface area contributed by atoms with Crippen LogP contribution in [0.5, 0.6) is 0 Å². The highest BCUT2D eigenvalue weighted by Gasteiger charge is 2.72. The molecule has 0 aromatic carbocycles. The maximum absolute atomic E-state index is 12.9. The molecule has 2 aliphatic rings. The van der Waals surface area contributed by atoms with Crippen LogP contribution in [-0.2, 0) is 4.74 Å². The molecule has 3 atom stereocenters. The van der Waals surface area contributed by atoms with Gasteiger partial charge in [0.05, 0.1) is 0 Å². The molecule has 0 spiro atoms. The Morgan fingerprint density at radius 1 is 0.947 bits per heavy atom. The number of alkyl halides is 6. The number of ether oxygens (including phenoxy) is 1. The van der Waals surface area contributed by atoms with E-state index >= 15 is 0 Å². The molecule has 0 aromatic heterocycles. The minimum Gasteiger partial charge on any atom is -0.361 e. The van der Waals surface area contributed by atoms with Crippen molar-refractivity contribution in [3.8, 4) is 0 Å². The number of halogens is 6. The van der Waals surface area contributed by atoms with Gasteiger partial charge in [-0.2, -0.15) is 26.3 Å². The number of methoxy groups -OCH3 is 1. The first-order valence-corrected chi connectivity index (χ1v) is 6.29. The molecule has 7 heteroatoms. The Kier molecular flexibility index (Phi) is 3.56. The highest BCUT2D eigenvalue weighted by atomic mass is 19.4. The molecule has 2 rings (SSSR count). The molecule has 2 saturated carbocycles. The molecular weight excluding hydrogens is 274 g/mol. The van der Waals surface area contributed by atoms with Crippen LogP contribution in [0.1, 0.15) is 32.1 Å². The van der Waals surface area contributed by atoms with Crippen molar-refractivity contribution < 1.29 is 31.1 Å². The summed E-state index contributed by atoms with van der Waals surface area (Å²) in [6.07, 6.45) is -8.99. The van der Waals surface area contributed by atoms with Crippen molar-refractivity contribution in [1.82, 2.24) is 0 Å². The molecule has 0 amide bonds. The minimum absolute atomic E-state index is 0.00998. The summed E-state index contributed by atoms with van der Waals surface area (Å²) in [4.78, 5) is 0. The van der Waals surface area contributed by atoms with Crippen LogP contribution in [0.3, 0.4) is 0 Å². The van der Waals surface area contributed by atoms with Gasteiger partial charge in [0.15, 0.2) is 0 Å². The zero-order valence-corrected chi connectivity index (χ0v) is 10.4. The van der Waals surface area contributed by atoms with Gasteiger partial charge in [0.25, 0.3) is 5.60 Å². The van der Waals surface area contributed by atoms with Gasteiger partial charge in [0, 0.05) is 7.11 Å². The molecule has 2 aliphatic carbocycles. The summed E-state index contributed by atoms with van der Waals surface area (Å²) in [5, 5.41) is 0. The second-order valence-corrected chi connectivity index (χ2v) is 5.67. The average Bonchev–Trinajstić information content (AvgIpc) is 2.83. The van der Waals surface area contributed by atoms with E-state index in [0.29, 0.717) is 19.4 Å². The Labute approximate surface area is 107 Å². The maximum atomic E-state index is 12.9. The monoisotopic (exact) mass is 290 g/mol. The third-order valence-electron chi connectivity index (χ3n) is 4.70. The van der Waals surface area contributed by atoms with E-state index in [-0.39, 0.29) is 5.92 Å². The Morgan fingerprint density at radius 3 is 1.84 bits per heavy atom. The molecular formula is C12H16F6O. The molecule has 0 aromatic rings. The highest BCUT2D eigenvalue weighted by molar-refractivity contribution is 5.01. The van der Waals surface area contributed by atoms with Crippen LogP contribution in [0.15, 0.2) is 0 Å². The number of hydrogen-bond donors (Lipinski definition) is 0. The fourth-order valence-corrected chi connectivity index (χ4v) is 3.70. The van der Waals surface area contributed by atoms with E-state index in [1.807, 2.05) is 0 Å². The molecule has 2 bridgehead atoms. The minimum atomic E-state index is -5.44. The fraction of sp³-hybridized carbons (Fsp3) is 1.00. The summed E-state index contributed by atoms with van der Waals surface area (Å²) in [5.41, 5.74) is -4.02. The molecule has 112 valence electrons. The van der Waals surface area contributed by atoms with E-state index < -0.39 is 30.3 Å². The highest BCUT2D eigenvalue weighted by Crippen LogP contribution is 2.56. The van der Waals surface area contributed by atoms with E-state index in [1.54, 1.807) is 0 Å². The Hall–Kier alpha value is -0.460. The summed E-state index contributed by atoms with van der Waals surface area (Å²) in [6.45, 7) is 0. The van der Waals surface area contributed by atoms with Crippen LogP contribution in [0.2, 0.25) is 0 Å². The SMILES string of the molecule is COC(CC1CC2CCC1C2)(C(F)(F)F)C(F)(F)F. The lowest BCUT2D eigenvalue weighted by Crippen LogP contribution is -2.59. The van der Waals surface area contributed by atoms with Crippen LogP contribution in [0, 0.1) is 17.8 Å². The zero-order chi connectivity index (χ0) is 14.5. The van der Waals surface area contributed by atoms with Crippen molar-refractivity contribution in [1.29, 1.82) is 0 Å². The van der Waals surface area contributed by atoms with Crippen LogP contribution >= 0.6 is 0 Å². The summed E-state index contributed by atoms with van der Waals surface area (Å²) in [6, 6.07) is 0. The van der Waals surface area contributed by atoms with E-state index in [9.17, 15) is 26.3 Å². The predicted molar refractivity (Wildman–Crippen MR) is 55.4 cm³/mol. The van der Waals surface area contributed by atoms with Crippen molar-refractivity contribution >= 4 is 0 Å². The van der Waals surface area contributed by atoms with Gasteiger partial charge in [-0.05, 0) is 43.4 Å². The normalized spacial score (nSPS) is 32.1. The van der Waals surface area contributed by atoms with Gasteiger partial charge in [0.1, 0.15) is 0 Å². The molecule has 19 heavy (non-hydrogen) atoms. The van der Waals surface area contributed by atoms with Crippen molar-refractivity contribution in [2.45, 2.75) is 50.1 Å². The summed E-state index contributed by atoms with van der Waals surface area (Å²) in [7, 11) is 0.494. The number of fused-ring (bicyclic) bond motifs is 2. The summed E-state index contributed by atoms with van der Waals surface area (Å²) < 4.78 is 81.5. The van der Waals surface area contributed by atoms with Gasteiger partial charge < -0.3 is 4.74 Å².